The zero-order chi connectivity index (χ0) is 14.5. The summed E-state index contributed by atoms with van der Waals surface area (Å²) < 4.78 is 0. The first-order chi connectivity index (χ1) is 8.84. The van der Waals surface area contributed by atoms with E-state index in [1.54, 1.807) is 0 Å². The highest BCUT2D eigenvalue weighted by atomic mass is 15.3. The molecule has 0 aromatic heterocycles. The fraction of sp³-hybridized carbons (Fsp3) is 1.00. The summed E-state index contributed by atoms with van der Waals surface area (Å²) in [6.07, 6.45) is 1.25. The van der Waals surface area contributed by atoms with Crippen molar-refractivity contribution in [2.45, 2.75) is 59.5 Å². The molecule has 1 N–H and O–H groups in total. The maximum atomic E-state index is 3.62. The lowest BCUT2D eigenvalue weighted by Gasteiger charge is -2.44. The second-order valence-corrected chi connectivity index (χ2v) is 7.31. The van der Waals surface area contributed by atoms with Crippen LogP contribution in [0.1, 0.15) is 48.0 Å². The van der Waals surface area contributed by atoms with Gasteiger partial charge in [-0.15, -0.1) is 0 Å². The maximum absolute atomic E-state index is 3.62. The Bertz CT molecular complexity index is 237. The lowest BCUT2D eigenvalue weighted by atomic mass is 10.0. The minimum atomic E-state index is 0.323. The molecule has 1 aliphatic heterocycles. The Kier molecular flexibility index (Phi) is 6.78. The van der Waals surface area contributed by atoms with Crippen molar-refractivity contribution < 1.29 is 0 Å². The molecule has 1 aliphatic rings. The first kappa shape index (κ1) is 16.9. The van der Waals surface area contributed by atoms with Crippen LogP contribution in [0.5, 0.6) is 0 Å². The average Bonchev–Trinajstić information content (AvgIpc) is 2.33. The van der Waals surface area contributed by atoms with Crippen LogP contribution in [0.15, 0.2) is 0 Å². The quantitative estimate of drug-likeness (QED) is 0.799. The zero-order valence-electron chi connectivity index (χ0n) is 14.0. The molecule has 19 heavy (non-hydrogen) atoms. The molecule has 0 aliphatic carbocycles. The van der Waals surface area contributed by atoms with E-state index in [2.05, 4.69) is 56.7 Å². The molecule has 1 saturated heterocycles. The molecular formula is C16H35N3. The molecule has 0 spiro atoms. The molecule has 1 unspecified atom stereocenters. The van der Waals surface area contributed by atoms with E-state index in [9.17, 15) is 0 Å². The van der Waals surface area contributed by atoms with E-state index in [0.29, 0.717) is 11.6 Å². The smallest absolute Gasteiger partial charge is 0.0219 e. The first-order valence-electron chi connectivity index (χ1n) is 8.04. The van der Waals surface area contributed by atoms with Gasteiger partial charge in [0.15, 0.2) is 0 Å². The first-order valence-corrected chi connectivity index (χ1v) is 8.04. The van der Waals surface area contributed by atoms with E-state index in [4.69, 9.17) is 0 Å². The van der Waals surface area contributed by atoms with Crippen molar-refractivity contribution in [2.24, 2.45) is 5.92 Å². The highest BCUT2D eigenvalue weighted by Gasteiger charge is 2.28. The van der Waals surface area contributed by atoms with Gasteiger partial charge in [0.2, 0.25) is 0 Å². The normalized spacial score (nSPS) is 21.0. The molecule has 3 heteroatoms. The topological polar surface area (TPSA) is 18.5 Å². The number of hydrogen-bond acceptors (Lipinski definition) is 3. The fourth-order valence-electron chi connectivity index (χ4n) is 2.83. The summed E-state index contributed by atoms with van der Waals surface area (Å²) >= 11 is 0. The van der Waals surface area contributed by atoms with Gasteiger partial charge in [0.1, 0.15) is 0 Å². The van der Waals surface area contributed by atoms with Crippen LogP contribution in [-0.4, -0.2) is 60.6 Å². The fourth-order valence-corrected chi connectivity index (χ4v) is 2.83. The molecule has 1 heterocycles. The van der Waals surface area contributed by atoms with Gasteiger partial charge in [0.05, 0.1) is 0 Å². The Labute approximate surface area is 120 Å². The Balaban J connectivity index is 2.35. The Morgan fingerprint density at radius 2 is 1.58 bits per heavy atom. The van der Waals surface area contributed by atoms with Gasteiger partial charge in [-0.3, -0.25) is 9.80 Å². The molecular weight excluding hydrogens is 234 g/mol. The van der Waals surface area contributed by atoms with Gasteiger partial charge in [-0.25, -0.2) is 0 Å². The van der Waals surface area contributed by atoms with Crippen molar-refractivity contribution in [3.8, 4) is 0 Å². The highest BCUT2D eigenvalue weighted by molar-refractivity contribution is 4.85. The monoisotopic (exact) mass is 269 g/mol. The molecule has 0 aromatic rings. The summed E-state index contributed by atoms with van der Waals surface area (Å²) in [5.74, 6) is 0.746. The number of rotatable bonds is 6. The van der Waals surface area contributed by atoms with Crippen LogP contribution in [0.3, 0.4) is 0 Å². The van der Waals surface area contributed by atoms with Gasteiger partial charge in [0, 0.05) is 44.3 Å². The van der Waals surface area contributed by atoms with Crippen molar-refractivity contribution in [1.82, 2.24) is 15.1 Å². The third kappa shape index (κ3) is 5.80. The zero-order valence-corrected chi connectivity index (χ0v) is 14.0. The molecule has 0 bridgehead atoms. The highest BCUT2D eigenvalue weighted by Crippen LogP contribution is 2.17. The van der Waals surface area contributed by atoms with Gasteiger partial charge in [-0.1, -0.05) is 20.8 Å². The van der Waals surface area contributed by atoms with Gasteiger partial charge >= 0.3 is 0 Å². The van der Waals surface area contributed by atoms with Crippen molar-refractivity contribution in [3.05, 3.63) is 0 Å². The van der Waals surface area contributed by atoms with Crippen LogP contribution in [-0.2, 0) is 0 Å². The van der Waals surface area contributed by atoms with E-state index < -0.39 is 0 Å². The largest absolute Gasteiger partial charge is 0.315 e. The molecule has 1 rings (SSSR count). The summed E-state index contributed by atoms with van der Waals surface area (Å²) in [4.78, 5) is 5.29. The lowest BCUT2D eigenvalue weighted by molar-refractivity contribution is 0.0409. The van der Waals surface area contributed by atoms with Crippen LogP contribution in [0, 0.1) is 5.92 Å². The predicted molar refractivity (Wildman–Crippen MR) is 84.7 cm³/mol. The van der Waals surface area contributed by atoms with Crippen molar-refractivity contribution in [3.63, 3.8) is 0 Å². The molecule has 3 nitrogen and oxygen atoms in total. The van der Waals surface area contributed by atoms with E-state index in [1.807, 2.05) is 0 Å². The van der Waals surface area contributed by atoms with E-state index in [0.717, 1.165) is 19.0 Å². The Hall–Kier alpha value is -0.120. The minimum Gasteiger partial charge on any atom is -0.315 e. The van der Waals surface area contributed by atoms with Gasteiger partial charge in [-0.05, 0) is 39.7 Å². The number of nitrogens with one attached hydrogen (secondary N) is 1. The van der Waals surface area contributed by atoms with Gasteiger partial charge in [0.25, 0.3) is 0 Å². The Morgan fingerprint density at radius 1 is 1.00 bits per heavy atom. The van der Waals surface area contributed by atoms with Crippen molar-refractivity contribution >= 4 is 0 Å². The summed E-state index contributed by atoms with van der Waals surface area (Å²) in [5, 5.41) is 3.62. The SMILES string of the molecule is CCC(CNCC(C)C)N1CCN(C(C)(C)C)CC1. The van der Waals surface area contributed by atoms with E-state index >= 15 is 0 Å². The van der Waals surface area contributed by atoms with E-state index in [-0.39, 0.29) is 0 Å². The van der Waals surface area contributed by atoms with Crippen LogP contribution < -0.4 is 5.32 Å². The molecule has 114 valence electrons. The summed E-state index contributed by atoms with van der Waals surface area (Å²) in [6.45, 7) is 21.0. The summed E-state index contributed by atoms with van der Waals surface area (Å²) in [6, 6.07) is 0.709. The maximum Gasteiger partial charge on any atom is 0.0219 e. The van der Waals surface area contributed by atoms with Crippen LogP contribution >= 0.6 is 0 Å². The molecule has 1 atom stereocenters. The standard InChI is InChI=1S/C16H35N3/c1-7-15(13-17-12-14(2)3)18-8-10-19(11-9-18)16(4,5)6/h14-15,17H,7-13H2,1-6H3. The molecule has 0 radical (unpaired) electrons. The van der Waals surface area contributed by atoms with Crippen LogP contribution in [0.25, 0.3) is 0 Å². The predicted octanol–water partition coefficient (Wildman–Crippen LogP) is 2.43. The average molecular weight is 269 g/mol. The van der Waals surface area contributed by atoms with Crippen LogP contribution in [0.4, 0.5) is 0 Å². The van der Waals surface area contributed by atoms with Crippen molar-refractivity contribution in [2.75, 3.05) is 39.3 Å². The van der Waals surface area contributed by atoms with Gasteiger partial charge in [-0.2, -0.15) is 0 Å². The Morgan fingerprint density at radius 3 is 2.00 bits per heavy atom. The number of nitrogens with zero attached hydrogens (tertiary/aromatic N) is 2. The minimum absolute atomic E-state index is 0.323. The summed E-state index contributed by atoms with van der Waals surface area (Å²) in [5.41, 5.74) is 0.323. The van der Waals surface area contributed by atoms with E-state index in [1.165, 1.54) is 32.6 Å². The second kappa shape index (κ2) is 7.61. The van der Waals surface area contributed by atoms with Gasteiger partial charge < -0.3 is 5.32 Å². The molecule has 0 saturated carbocycles. The van der Waals surface area contributed by atoms with Crippen LogP contribution in [0.2, 0.25) is 0 Å². The van der Waals surface area contributed by atoms with Crippen molar-refractivity contribution in [1.29, 1.82) is 0 Å². The number of hydrogen-bond donors (Lipinski definition) is 1. The number of piperazine rings is 1. The lowest BCUT2D eigenvalue weighted by Crippen LogP contribution is -2.57. The molecule has 0 aromatic carbocycles. The molecule has 0 amide bonds. The molecule has 1 fully saturated rings. The summed E-state index contributed by atoms with van der Waals surface area (Å²) in [7, 11) is 0. The third-order valence-corrected chi connectivity index (χ3v) is 4.18. The third-order valence-electron chi connectivity index (χ3n) is 4.18. The second-order valence-electron chi connectivity index (χ2n) is 7.31.